The molecule has 1 aromatic heterocycles. The predicted octanol–water partition coefficient (Wildman–Crippen LogP) is 2.20. The van der Waals surface area contributed by atoms with Gasteiger partial charge in [0.15, 0.2) is 0 Å². The molecule has 0 spiro atoms. The van der Waals surface area contributed by atoms with Crippen molar-refractivity contribution < 1.29 is 0 Å². The minimum absolute atomic E-state index is 0.656. The molecule has 0 aliphatic carbocycles. The maximum Gasteiger partial charge on any atom is 0.139 e. The van der Waals surface area contributed by atoms with Gasteiger partial charge in [0.2, 0.25) is 0 Å². The van der Waals surface area contributed by atoms with Crippen LogP contribution in [-0.2, 0) is 0 Å². The maximum atomic E-state index is 8.80. The van der Waals surface area contributed by atoms with Gasteiger partial charge >= 0.3 is 0 Å². The molecule has 0 saturated heterocycles. The molecule has 5 nitrogen and oxygen atoms in total. The molecule has 0 amide bonds. The van der Waals surface area contributed by atoms with Gasteiger partial charge in [0, 0.05) is 11.9 Å². The normalized spacial score (nSPS) is 10.0. The zero-order valence-corrected chi connectivity index (χ0v) is 11.3. The first-order valence-corrected chi connectivity index (χ1v) is 6.66. The number of rotatable bonds is 5. The highest BCUT2D eigenvalue weighted by Crippen LogP contribution is 2.16. The second kappa shape index (κ2) is 6.17. The summed E-state index contributed by atoms with van der Waals surface area (Å²) in [6.07, 6.45) is 4.32. The van der Waals surface area contributed by atoms with E-state index in [0.29, 0.717) is 5.56 Å². The van der Waals surface area contributed by atoms with Crippen LogP contribution in [-0.4, -0.2) is 26.7 Å². The summed E-state index contributed by atoms with van der Waals surface area (Å²) in [4.78, 5) is 0. The van der Waals surface area contributed by atoms with Gasteiger partial charge in [-0.25, -0.2) is 4.68 Å². The van der Waals surface area contributed by atoms with Crippen LogP contribution in [0.25, 0.3) is 0 Å². The quantitative estimate of drug-likeness (QED) is 0.795. The molecule has 0 bridgehead atoms. The number of benzene rings is 1. The third-order valence-electron chi connectivity index (χ3n) is 2.48. The van der Waals surface area contributed by atoms with E-state index in [0.717, 1.165) is 24.0 Å². The third kappa shape index (κ3) is 2.87. The number of anilines is 1. The minimum Gasteiger partial charge on any atom is -0.279 e. The van der Waals surface area contributed by atoms with Gasteiger partial charge in [-0.1, -0.05) is 15.9 Å². The fourth-order valence-corrected chi connectivity index (χ4v) is 1.87. The summed E-state index contributed by atoms with van der Waals surface area (Å²) in [6.45, 7) is 0.842. The Morgan fingerprint density at radius 3 is 2.44 bits per heavy atom. The van der Waals surface area contributed by atoms with E-state index in [4.69, 9.17) is 5.26 Å². The Hall–Kier alpha value is -1.87. The largest absolute Gasteiger partial charge is 0.279 e. The number of alkyl halides is 1. The summed E-state index contributed by atoms with van der Waals surface area (Å²) in [5.41, 5.74) is 1.66. The lowest BCUT2D eigenvalue weighted by atomic mass is 10.2. The number of hydrogen-bond donors (Lipinski definition) is 0. The Bertz CT molecular complexity index is 514. The summed E-state index contributed by atoms with van der Waals surface area (Å²) in [5, 5.41) is 19.4. The van der Waals surface area contributed by atoms with Crippen molar-refractivity contribution in [3.63, 3.8) is 0 Å². The Kier molecular flexibility index (Phi) is 4.31. The lowest BCUT2D eigenvalue weighted by Gasteiger charge is -2.24. The summed E-state index contributed by atoms with van der Waals surface area (Å²) < 4.78 is 1.84. The molecule has 2 rings (SSSR count). The van der Waals surface area contributed by atoms with E-state index < -0.39 is 0 Å². The van der Waals surface area contributed by atoms with Crippen LogP contribution in [0.4, 0.5) is 5.69 Å². The molecule has 1 heterocycles. The predicted molar refractivity (Wildman–Crippen MR) is 72.3 cm³/mol. The fraction of sp³-hybridized carbons (Fsp3) is 0.250. The average Bonchev–Trinajstić information content (AvgIpc) is 2.94. The van der Waals surface area contributed by atoms with Gasteiger partial charge in [0.05, 0.1) is 17.3 Å². The Morgan fingerprint density at radius 2 is 1.89 bits per heavy atom. The third-order valence-corrected chi connectivity index (χ3v) is 3.04. The van der Waals surface area contributed by atoms with Gasteiger partial charge in [-0.2, -0.15) is 5.26 Å². The molecule has 0 radical (unpaired) electrons. The van der Waals surface area contributed by atoms with E-state index in [-0.39, 0.29) is 0 Å². The standard InChI is InChI=1S/C12H12BrN5/c13-6-1-7-18(17-9-15-16-10-17)12-4-2-11(8-14)3-5-12/h2-5,9-10H,1,6-7H2. The summed E-state index contributed by atoms with van der Waals surface area (Å²) in [5.74, 6) is 0. The summed E-state index contributed by atoms with van der Waals surface area (Å²) in [6, 6.07) is 9.57. The van der Waals surface area contributed by atoms with Crippen LogP contribution in [0.15, 0.2) is 36.9 Å². The zero-order chi connectivity index (χ0) is 12.8. The molecule has 0 N–H and O–H groups in total. The van der Waals surface area contributed by atoms with Crippen LogP contribution in [0.1, 0.15) is 12.0 Å². The molecular formula is C12H12BrN5. The van der Waals surface area contributed by atoms with Crippen LogP contribution < -0.4 is 5.01 Å². The molecule has 0 aliphatic rings. The van der Waals surface area contributed by atoms with Crippen molar-refractivity contribution >= 4 is 21.6 Å². The first kappa shape index (κ1) is 12.6. The Balaban J connectivity index is 2.25. The Labute approximate surface area is 114 Å². The van der Waals surface area contributed by atoms with E-state index in [9.17, 15) is 0 Å². The lowest BCUT2D eigenvalue weighted by Crippen LogP contribution is -2.29. The fourth-order valence-electron chi connectivity index (χ4n) is 1.62. The van der Waals surface area contributed by atoms with Gasteiger partial charge in [0.25, 0.3) is 0 Å². The minimum atomic E-state index is 0.656. The monoisotopic (exact) mass is 305 g/mol. The first-order chi connectivity index (χ1) is 8.85. The van der Waals surface area contributed by atoms with Crippen molar-refractivity contribution in [2.75, 3.05) is 16.9 Å². The molecule has 0 aliphatic heterocycles. The highest BCUT2D eigenvalue weighted by Gasteiger charge is 2.08. The van der Waals surface area contributed by atoms with Crippen LogP contribution in [0.2, 0.25) is 0 Å². The smallest absolute Gasteiger partial charge is 0.139 e. The Morgan fingerprint density at radius 1 is 1.22 bits per heavy atom. The molecule has 0 fully saturated rings. The summed E-state index contributed by atoms with van der Waals surface area (Å²) in [7, 11) is 0. The molecular weight excluding hydrogens is 294 g/mol. The highest BCUT2D eigenvalue weighted by molar-refractivity contribution is 9.09. The van der Waals surface area contributed by atoms with E-state index in [1.165, 1.54) is 0 Å². The van der Waals surface area contributed by atoms with Crippen LogP contribution >= 0.6 is 15.9 Å². The maximum absolute atomic E-state index is 8.80. The first-order valence-electron chi connectivity index (χ1n) is 5.53. The number of nitrogens with zero attached hydrogens (tertiary/aromatic N) is 5. The average molecular weight is 306 g/mol. The highest BCUT2D eigenvalue weighted by atomic mass is 79.9. The van der Waals surface area contributed by atoms with Crippen molar-refractivity contribution in [1.29, 1.82) is 5.26 Å². The van der Waals surface area contributed by atoms with E-state index in [1.54, 1.807) is 24.8 Å². The zero-order valence-electron chi connectivity index (χ0n) is 9.70. The SMILES string of the molecule is N#Cc1ccc(N(CCCBr)n2cnnc2)cc1. The van der Waals surface area contributed by atoms with Crippen molar-refractivity contribution in [3.8, 4) is 6.07 Å². The van der Waals surface area contributed by atoms with Gasteiger partial charge in [-0.15, -0.1) is 10.2 Å². The van der Waals surface area contributed by atoms with E-state index in [1.807, 2.05) is 16.8 Å². The van der Waals surface area contributed by atoms with Gasteiger partial charge in [-0.3, -0.25) is 5.01 Å². The molecule has 92 valence electrons. The summed E-state index contributed by atoms with van der Waals surface area (Å²) >= 11 is 3.43. The van der Waals surface area contributed by atoms with Crippen molar-refractivity contribution in [2.45, 2.75) is 6.42 Å². The number of halogens is 1. The van der Waals surface area contributed by atoms with Crippen LogP contribution in [0.5, 0.6) is 0 Å². The van der Waals surface area contributed by atoms with Crippen molar-refractivity contribution in [2.24, 2.45) is 0 Å². The number of aromatic nitrogens is 3. The molecule has 0 saturated carbocycles. The van der Waals surface area contributed by atoms with Crippen LogP contribution in [0, 0.1) is 11.3 Å². The lowest BCUT2D eigenvalue weighted by molar-refractivity contribution is 0.676. The van der Waals surface area contributed by atoms with E-state index in [2.05, 4.69) is 37.2 Å². The molecule has 6 heteroatoms. The number of hydrogen-bond acceptors (Lipinski definition) is 4. The molecule has 18 heavy (non-hydrogen) atoms. The second-order valence-electron chi connectivity index (χ2n) is 3.67. The van der Waals surface area contributed by atoms with Crippen molar-refractivity contribution in [3.05, 3.63) is 42.5 Å². The van der Waals surface area contributed by atoms with Crippen LogP contribution in [0.3, 0.4) is 0 Å². The molecule has 1 aromatic carbocycles. The van der Waals surface area contributed by atoms with Gasteiger partial charge in [-0.05, 0) is 30.7 Å². The molecule has 0 unspecified atom stereocenters. The second-order valence-corrected chi connectivity index (χ2v) is 4.46. The van der Waals surface area contributed by atoms with Crippen molar-refractivity contribution in [1.82, 2.24) is 14.9 Å². The molecule has 2 aromatic rings. The topological polar surface area (TPSA) is 57.7 Å². The van der Waals surface area contributed by atoms with E-state index >= 15 is 0 Å². The van der Waals surface area contributed by atoms with Gasteiger partial charge < -0.3 is 0 Å². The molecule has 0 atom stereocenters. The number of nitriles is 1. The van der Waals surface area contributed by atoms with Gasteiger partial charge in [0.1, 0.15) is 12.7 Å².